The first kappa shape index (κ1) is 18.5. The Labute approximate surface area is 156 Å². The number of rotatable bonds is 6. The predicted octanol–water partition coefficient (Wildman–Crippen LogP) is 4.49. The Balaban J connectivity index is 2.05. The summed E-state index contributed by atoms with van der Waals surface area (Å²) in [5.41, 5.74) is -0.499. The molecule has 0 aliphatic carbocycles. The second-order valence-corrected chi connectivity index (χ2v) is 6.15. The minimum Gasteiger partial charge on any atom is -0.507 e. The molecule has 0 bridgehead atoms. The van der Waals surface area contributed by atoms with E-state index in [0.29, 0.717) is 12.4 Å². The number of ketones is 1. The lowest BCUT2D eigenvalue weighted by Gasteiger charge is -2.11. The van der Waals surface area contributed by atoms with Gasteiger partial charge in [-0.2, -0.15) is 0 Å². The lowest BCUT2D eigenvalue weighted by molar-refractivity contribution is 0.104. The number of hydrogen-bond acceptors (Lipinski definition) is 5. The summed E-state index contributed by atoms with van der Waals surface area (Å²) in [5.74, 6) is -0.128. The van der Waals surface area contributed by atoms with Gasteiger partial charge in [0.1, 0.15) is 22.8 Å². The zero-order valence-electron chi connectivity index (χ0n) is 15.2. The van der Waals surface area contributed by atoms with Gasteiger partial charge in [-0.1, -0.05) is 37.3 Å². The first-order valence-electron chi connectivity index (χ1n) is 8.72. The predicted molar refractivity (Wildman–Crippen MR) is 104 cm³/mol. The number of fused-ring (bicyclic) bond motifs is 1. The third-order valence-corrected chi connectivity index (χ3v) is 4.09. The van der Waals surface area contributed by atoms with Gasteiger partial charge in [0.15, 0.2) is 5.78 Å². The molecule has 1 heterocycles. The van der Waals surface area contributed by atoms with Crippen LogP contribution in [0.3, 0.4) is 0 Å². The molecule has 0 atom stereocenters. The number of benzene rings is 2. The van der Waals surface area contributed by atoms with Crippen molar-refractivity contribution < 1.29 is 19.1 Å². The van der Waals surface area contributed by atoms with Crippen LogP contribution in [-0.2, 0) is 0 Å². The Kier molecular flexibility index (Phi) is 5.41. The van der Waals surface area contributed by atoms with Crippen LogP contribution in [0.15, 0.2) is 57.8 Å². The fourth-order valence-electron chi connectivity index (χ4n) is 2.85. The van der Waals surface area contributed by atoms with E-state index in [-0.39, 0.29) is 11.3 Å². The molecular weight excluding hydrogens is 344 g/mol. The number of hydrogen-bond donors (Lipinski definition) is 1. The molecule has 0 unspecified atom stereocenters. The van der Waals surface area contributed by atoms with Crippen LogP contribution in [0.2, 0.25) is 0 Å². The monoisotopic (exact) mass is 364 g/mol. The van der Waals surface area contributed by atoms with Gasteiger partial charge in [-0.05, 0) is 42.3 Å². The van der Waals surface area contributed by atoms with Crippen LogP contribution in [0.25, 0.3) is 16.8 Å². The molecule has 0 aliphatic rings. The Morgan fingerprint density at radius 3 is 2.74 bits per heavy atom. The quantitative estimate of drug-likeness (QED) is 0.515. The first-order chi connectivity index (χ1) is 13.0. The number of ether oxygens (including phenoxy) is 1. The summed E-state index contributed by atoms with van der Waals surface area (Å²) in [7, 11) is 0. The van der Waals surface area contributed by atoms with Crippen molar-refractivity contribution in [2.24, 2.45) is 0 Å². The smallest absolute Gasteiger partial charge is 0.351 e. The van der Waals surface area contributed by atoms with Gasteiger partial charge < -0.3 is 14.3 Å². The van der Waals surface area contributed by atoms with Gasteiger partial charge in [0.2, 0.25) is 0 Å². The Morgan fingerprint density at radius 1 is 1.22 bits per heavy atom. The van der Waals surface area contributed by atoms with E-state index >= 15 is 0 Å². The highest BCUT2D eigenvalue weighted by molar-refractivity contribution is 6.09. The molecule has 3 aromatic rings. The van der Waals surface area contributed by atoms with E-state index in [1.54, 1.807) is 6.08 Å². The van der Waals surface area contributed by atoms with Crippen LogP contribution in [0.5, 0.6) is 11.5 Å². The minimum atomic E-state index is -0.859. The molecule has 27 heavy (non-hydrogen) atoms. The summed E-state index contributed by atoms with van der Waals surface area (Å²) in [5, 5.41) is 11.9. The molecule has 3 rings (SSSR count). The van der Waals surface area contributed by atoms with Gasteiger partial charge >= 0.3 is 5.63 Å². The van der Waals surface area contributed by atoms with Crippen molar-refractivity contribution in [2.45, 2.75) is 20.3 Å². The van der Waals surface area contributed by atoms with Crippen molar-refractivity contribution >= 4 is 22.6 Å². The van der Waals surface area contributed by atoms with Crippen molar-refractivity contribution in [1.82, 2.24) is 0 Å². The standard InChI is InChI=1S/C22H20O5/c1-3-12-26-20-11-8-15-6-4-5-7-16(15)17(20)9-10-18(23)21-19(24)13-14(2)27-22(21)25/h4-11,13,24H,3,12H2,1-2H3/b10-9+. The molecule has 0 saturated heterocycles. The Bertz CT molecular complexity index is 1080. The van der Waals surface area contributed by atoms with Crippen molar-refractivity contribution in [2.75, 3.05) is 6.61 Å². The number of carbonyl (C=O) groups excluding carboxylic acids is 1. The summed E-state index contributed by atoms with van der Waals surface area (Å²) in [6, 6.07) is 12.8. The maximum atomic E-state index is 12.5. The molecule has 0 aliphatic heterocycles. The summed E-state index contributed by atoms with van der Waals surface area (Å²) in [6.07, 6.45) is 3.71. The minimum absolute atomic E-state index is 0.238. The van der Waals surface area contributed by atoms with E-state index in [1.165, 1.54) is 19.1 Å². The molecule has 5 nitrogen and oxygen atoms in total. The van der Waals surface area contributed by atoms with Gasteiger partial charge in [0.05, 0.1) is 6.61 Å². The Hall–Kier alpha value is -3.34. The zero-order valence-corrected chi connectivity index (χ0v) is 15.2. The molecule has 0 amide bonds. The fraction of sp³-hybridized carbons (Fsp3) is 0.182. The van der Waals surface area contributed by atoms with Gasteiger partial charge in [-0.3, -0.25) is 4.79 Å². The molecular formula is C22H20O5. The maximum Gasteiger partial charge on any atom is 0.351 e. The van der Waals surface area contributed by atoms with E-state index < -0.39 is 17.2 Å². The highest BCUT2D eigenvalue weighted by Gasteiger charge is 2.16. The molecule has 0 radical (unpaired) electrons. The van der Waals surface area contributed by atoms with E-state index in [0.717, 1.165) is 22.8 Å². The summed E-state index contributed by atoms with van der Waals surface area (Å²) in [6.45, 7) is 4.09. The normalized spacial score (nSPS) is 11.2. The zero-order chi connectivity index (χ0) is 19.4. The number of aromatic hydroxyl groups is 1. The number of aryl methyl sites for hydroxylation is 1. The molecule has 1 aromatic heterocycles. The maximum absolute atomic E-state index is 12.5. The molecule has 1 N–H and O–H groups in total. The average Bonchev–Trinajstić information content (AvgIpc) is 2.64. The highest BCUT2D eigenvalue weighted by Crippen LogP contribution is 2.30. The van der Waals surface area contributed by atoms with Crippen molar-refractivity contribution in [3.63, 3.8) is 0 Å². The second-order valence-electron chi connectivity index (χ2n) is 6.15. The molecule has 0 fully saturated rings. The lowest BCUT2D eigenvalue weighted by atomic mass is 10.0. The molecule has 0 spiro atoms. The van der Waals surface area contributed by atoms with Crippen molar-refractivity contribution in [3.8, 4) is 11.5 Å². The van der Waals surface area contributed by atoms with Crippen LogP contribution < -0.4 is 10.4 Å². The van der Waals surface area contributed by atoms with Crippen molar-refractivity contribution in [3.05, 3.63) is 75.8 Å². The Morgan fingerprint density at radius 2 is 2.00 bits per heavy atom. The SMILES string of the molecule is CCCOc1ccc2ccccc2c1/C=C/C(=O)c1c(O)cc(C)oc1=O. The highest BCUT2D eigenvalue weighted by atomic mass is 16.5. The van der Waals surface area contributed by atoms with Crippen LogP contribution in [-0.4, -0.2) is 17.5 Å². The average molecular weight is 364 g/mol. The summed E-state index contributed by atoms with van der Waals surface area (Å²) < 4.78 is 10.7. The van der Waals surface area contributed by atoms with Crippen LogP contribution in [0.4, 0.5) is 0 Å². The van der Waals surface area contributed by atoms with Gasteiger partial charge in [-0.15, -0.1) is 0 Å². The van der Waals surface area contributed by atoms with E-state index in [2.05, 4.69) is 0 Å². The molecule has 0 saturated carbocycles. The second kappa shape index (κ2) is 7.91. The van der Waals surface area contributed by atoms with Gasteiger partial charge in [0.25, 0.3) is 0 Å². The first-order valence-corrected chi connectivity index (χ1v) is 8.72. The van der Waals surface area contributed by atoms with Crippen LogP contribution in [0, 0.1) is 6.92 Å². The third kappa shape index (κ3) is 3.92. The third-order valence-electron chi connectivity index (χ3n) is 4.09. The topological polar surface area (TPSA) is 76.7 Å². The van der Waals surface area contributed by atoms with Crippen molar-refractivity contribution in [1.29, 1.82) is 0 Å². The number of allylic oxidation sites excluding steroid dienone is 1. The lowest BCUT2D eigenvalue weighted by Crippen LogP contribution is -2.13. The van der Waals surface area contributed by atoms with E-state index in [1.807, 2.05) is 43.3 Å². The molecule has 138 valence electrons. The van der Waals surface area contributed by atoms with Crippen LogP contribution in [0.1, 0.15) is 35.0 Å². The summed E-state index contributed by atoms with van der Waals surface area (Å²) in [4.78, 5) is 24.4. The molecule has 2 aromatic carbocycles. The van der Waals surface area contributed by atoms with Gasteiger partial charge in [0, 0.05) is 11.6 Å². The van der Waals surface area contributed by atoms with Gasteiger partial charge in [-0.25, -0.2) is 4.79 Å². The van der Waals surface area contributed by atoms with Crippen LogP contribution >= 0.6 is 0 Å². The van der Waals surface area contributed by atoms with E-state index in [4.69, 9.17) is 9.15 Å². The fourth-order valence-corrected chi connectivity index (χ4v) is 2.85. The number of carbonyl (C=O) groups is 1. The summed E-state index contributed by atoms with van der Waals surface area (Å²) >= 11 is 0. The molecule has 5 heteroatoms. The largest absolute Gasteiger partial charge is 0.507 e. The van der Waals surface area contributed by atoms with E-state index in [9.17, 15) is 14.7 Å².